The Morgan fingerprint density at radius 3 is 2.40 bits per heavy atom. The van der Waals surface area contributed by atoms with Gasteiger partial charge >= 0.3 is 5.97 Å². The molecule has 1 aromatic heterocycles. The molecular formula is C19H23NO4S. The molecule has 0 aliphatic rings. The Labute approximate surface area is 152 Å². The molecule has 5 nitrogen and oxygen atoms in total. The van der Waals surface area contributed by atoms with E-state index in [0.717, 1.165) is 16.0 Å². The third kappa shape index (κ3) is 4.46. The molecule has 2 aromatic rings. The monoisotopic (exact) mass is 361 g/mol. The minimum absolute atomic E-state index is 0.251. The normalized spacial score (nSPS) is 10.6. The highest BCUT2D eigenvalue weighted by Crippen LogP contribution is 2.34. The zero-order valence-electron chi connectivity index (χ0n) is 15.0. The minimum atomic E-state index is -0.394. The van der Waals surface area contributed by atoms with Gasteiger partial charge in [-0.3, -0.25) is 4.79 Å². The van der Waals surface area contributed by atoms with Crippen LogP contribution in [0.4, 0.5) is 5.00 Å². The van der Waals surface area contributed by atoms with Crippen LogP contribution < -0.4 is 5.32 Å². The second kappa shape index (κ2) is 8.78. The summed E-state index contributed by atoms with van der Waals surface area (Å²) in [5, 5.41) is 3.40. The molecule has 1 heterocycles. The molecule has 25 heavy (non-hydrogen) atoms. The lowest BCUT2D eigenvalue weighted by Crippen LogP contribution is -2.15. The number of methoxy groups -OCH3 is 1. The molecule has 2 rings (SSSR count). The standard InChI is InChI=1S/C19H23NO4S/c1-5-15-12(3)25-18(16(15)19(22)24-6-2)20-17(21)14-9-7-13(8-10-14)11-23-4/h7-10H,5-6,11H2,1-4H3,(H,20,21). The first-order valence-corrected chi connectivity index (χ1v) is 9.02. The molecule has 0 aliphatic heterocycles. The minimum Gasteiger partial charge on any atom is -0.462 e. The van der Waals surface area contributed by atoms with Crippen molar-refractivity contribution in [2.75, 3.05) is 19.0 Å². The first-order chi connectivity index (χ1) is 12.0. The lowest BCUT2D eigenvalue weighted by Gasteiger charge is -2.08. The predicted octanol–water partition coefficient (Wildman–Crippen LogP) is 4.19. The largest absolute Gasteiger partial charge is 0.462 e. The van der Waals surface area contributed by atoms with Gasteiger partial charge in [-0.25, -0.2) is 4.79 Å². The highest BCUT2D eigenvalue weighted by Gasteiger charge is 2.23. The van der Waals surface area contributed by atoms with Gasteiger partial charge in [0.2, 0.25) is 0 Å². The smallest absolute Gasteiger partial charge is 0.341 e. The van der Waals surface area contributed by atoms with Crippen LogP contribution in [0, 0.1) is 6.92 Å². The summed E-state index contributed by atoms with van der Waals surface area (Å²) < 4.78 is 10.2. The van der Waals surface area contributed by atoms with Gasteiger partial charge < -0.3 is 14.8 Å². The van der Waals surface area contributed by atoms with Crippen molar-refractivity contribution in [2.45, 2.75) is 33.8 Å². The van der Waals surface area contributed by atoms with E-state index in [-0.39, 0.29) is 5.91 Å². The van der Waals surface area contributed by atoms with Gasteiger partial charge in [0.05, 0.1) is 18.8 Å². The van der Waals surface area contributed by atoms with Crippen LogP contribution in [0.1, 0.15) is 50.6 Å². The van der Waals surface area contributed by atoms with E-state index < -0.39 is 5.97 Å². The topological polar surface area (TPSA) is 64.6 Å². The molecule has 0 fully saturated rings. The van der Waals surface area contributed by atoms with Crippen molar-refractivity contribution in [3.63, 3.8) is 0 Å². The maximum atomic E-state index is 12.5. The van der Waals surface area contributed by atoms with E-state index in [1.807, 2.05) is 26.0 Å². The van der Waals surface area contributed by atoms with Gasteiger partial charge in [0.25, 0.3) is 5.91 Å². The number of hydrogen-bond acceptors (Lipinski definition) is 5. The number of carbonyl (C=O) groups excluding carboxylic acids is 2. The molecule has 0 unspecified atom stereocenters. The molecule has 134 valence electrons. The van der Waals surface area contributed by atoms with Crippen LogP contribution in [0.2, 0.25) is 0 Å². The van der Waals surface area contributed by atoms with Crippen molar-refractivity contribution >= 4 is 28.2 Å². The summed E-state index contributed by atoms with van der Waals surface area (Å²) in [5.41, 5.74) is 2.91. The molecule has 6 heteroatoms. The number of esters is 1. The third-order valence-corrected chi connectivity index (χ3v) is 4.86. The predicted molar refractivity (Wildman–Crippen MR) is 99.5 cm³/mol. The molecule has 0 radical (unpaired) electrons. The van der Waals surface area contributed by atoms with E-state index >= 15 is 0 Å². The van der Waals surface area contributed by atoms with Crippen molar-refractivity contribution in [1.29, 1.82) is 0 Å². The molecule has 0 saturated carbocycles. The van der Waals surface area contributed by atoms with Crippen LogP contribution in [0.15, 0.2) is 24.3 Å². The first-order valence-electron chi connectivity index (χ1n) is 8.20. The Hall–Kier alpha value is -2.18. The number of anilines is 1. The quantitative estimate of drug-likeness (QED) is 0.751. The van der Waals surface area contributed by atoms with Crippen LogP contribution in [0.25, 0.3) is 0 Å². The molecule has 0 aliphatic carbocycles. The molecule has 0 saturated heterocycles. The van der Waals surface area contributed by atoms with E-state index in [1.165, 1.54) is 11.3 Å². The Morgan fingerprint density at radius 1 is 1.16 bits per heavy atom. The zero-order valence-corrected chi connectivity index (χ0v) is 15.8. The van der Waals surface area contributed by atoms with E-state index in [2.05, 4.69) is 5.32 Å². The summed E-state index contributed by atoms with van der Waals surface area (Å²) in [4.78, 5) is 25.9. The van der Waals surface area contributed by atoms with E-state index in [0.29, 0.717) is 35.8 Å². The van der Waals surface area contributed by atoms with Crippen molar-refractivity contribution in [3.05, 3.63) is 51.4 Å². The average molecular weight is 361 g/mol. The fourth-order valence-electron chi connectivity index (χ4n) is 2.61. The second-order valence-corrected chi connectivity index (χ2v) is 6.72. The Morgan fingerprint density at radius 2 is 1.84 bits per heavy atom. The Kier molecular flexibility index (Phi) is 6.73. The van der Waals surface area contributed by atoms with Crippen molar-refractivity contribution in [1.82, 2.24) is 0 Å². The fraction of sp³-hybridized carbons (Fsp3) is 0.368. The summed E-state index contributed by atoms with van der Waals surface area (Å²) in [6.07, 6.45) is 0.706. The molecule has 0 atom stereocenters. The third-order valence-electron chi connectivity index (χ3n) is 3.80. The lowest BCUT2D eigenvalue weighted by atomic mass is 10.1. The second-order valence-electron chi connectivity index (χ2n) is 5.50. The summed E-state index contributed by atoms with van der Waals surface area (Å²) in [5.74, 6) is -0.645. The van der Waals surface area contributed by atoms with Gasteiger partial charge in [-0.15, -0.1) is 11.3 Å². The summed E-state index contributed by atoms with van der Waals surface area (Å²) in [7, 11) is 1.63. The molecule has 1 aromatic carbocycles. The van der Waals surface area contributed by atoms with Crippen LogP contribution in [-0.4, -0.2) is 25.6 Å². The van der Waals surface area contributed by atoms with Gasteiger partial charge in [-0.1, -0.05) is 19.1 Å². The zero-order chi connectivity index (χ0) is 18.4. The number of hydrogen-bond donors (Lipinski definition) is 1. The van der Waals surface area contributed by atoms with E-state index in [9.17, 15) is 9.59 Å². The van der Waals surface area contributed by atoms with Crippen LogP contribution in [-0.2, 0) is 22.5 Å². The molecular weight excluding hydrogens is 338 g/mol. The van der Waals surface area contributed by atoms with Crippen molar-refractivity contribution < 1.29 is 19.1 Å². The first kappa shape index (κ1) is 19.1. The van der Waals surface area contributed by atoms with Gasteiger partial charge in [0.15, 0.2) is 0 Å². The lowest BCUT2D eigenvalue weighted by molar-refractivity contribution is 0.0527. The van der Waals surface area contributed by atoms with Crippen LogP contribution in [0.3, 0.4) is 0 Å². The highest BCUT2D eigenvalue weighted by molar-refractivity contribution is 7.16. The summed E-state index contributed by atoms with van der Waals surface area (Å²) in [6.45, 7) is 6.49. The summed E-state index contributed by atoms with van der Waals surface area (Å²) in [6, 6.07) is 7.19. The van der Waals surface area contributed by atoms with Gasteiger partial charge in [-0.2, -0.15) is 0 Å². The van der Waals surface area contributed by atoms with Crippen molar-refractivity contribution in [3.8, 4) is 0 Å². The SMILES string of the molecule is CCOC(=O)c1c(NC(=O)c2ccc(COC)cc2)sc(C)c1CC. The van der Waals surface area contributed by atoms with Gasteiger partial charge in [-0.05, 0) is 43.5 Å². The highest BCUT2D eigenvalue weighted by atomic mass is 32.1. The van der Waals surface area contributed by atoms with Crippen LogP contribution >= 0.6 is 11.3 Å². The number of carbonyl (C=O) groups is 2. The van der Waals surface area contributed by atoms with Crippen LogP contribution in [0.5, 0.6) is 0 Å². The Balaban J connectivity index is 2.26. The number of thiophene rings is 1. The van der Waals surface area contributed by atoms with Crippen molar-refractivity contribution in [2.24, 2.45) is 0 Å². The molecule has 1 N–H and O–H groups in total. The molecule has 0 bridgehead atoms. The number of amides is 1. The maximum absolute atomic E-state index is 12.5. The number of benzene rings is 1. The van der Waals surface area contributed by atoms with Gasteiger partial charge in [0.1, 0.15) is 5.00 Å². The fourth-order valence-corrected chi connectivity index (χ4v) is 3.73. The average Bonchev–Trinajstić information content (AvgIpc) is 2.91. The Bertz CT molecular complexity index is 750. The number of nitrogens with one attached hydrogen (secondary N) is 1. The number of rotatable bonds is 7. The number of ether oxygens (including phenoxy) is 2. The summed E-state index contributed by atoms with van der Waals surface area (Å²) >= 11 is 1.40. The molecule has 0 spiro atoms. The van der Waals surface area contributed by atoms with E-state index in [4.69, 9.17) is 9.47 Å². The molecule has 1 amide bonds. The van der Waals surface area contributed by atoms with E-state index in [1.54, 1.807) is 26.2 Å². The number of aryl methyl sites for hydroxylation is 1. The maximum Gasteiger partial charge on any atom is 0.341 e. The van der Waals surface area contributed by atoms with Gasteiger partial charge in [0, 0.05) is 17.6 Å².